The highest BCUT2D eigenvalue weighted by Crippen LogP contribution is 2.35. The minimum Gasteiger partial charge on any atom is -0.355 e. The second kappa shape index (κ2) is 5.75. The Morgan fingerprint density at radius 1 is 1.42 bits per heavy atom. The van der Waals surface area contributed by atoms with Gasteiger partial charge in [-0.15, -0.1) is 11.6 Å². The van der Waals surface area contributed by atoms with Gasteiger partial charge in [-0.25, -0.2) is 4.98 Å². The molecule has 0 bridgehead atoms. The molecule has 1 atom stereocenters. The van der Waals surface area contributed by atoms with E-state index in [4.69, 9.17) is 23.2 Å². The summed E-state index contributed by atoms with van der Waals surface area (Å²) in [5.41, 5.74) is -0.822. The molecule has 106 valence electrons. The molecule has 0 radical (unpaired) electrons. The van der Waals surface area contributed by atoms with E-state index in [0.29, 0.717) is 17.6 Å². The van der Waals surface area contributed by atoms with Crippen LogP contribution in [0.3, 0.4) is 0 Å². The number of hydrogen-bond donors (Lipinski definition) is 0. The topological polar surface area (TPSA) is 16.1 Å². The van der Waals surface area contributed by atoms with Crippen LogP contribution in [0.15, 0.2) is 12.3 Å². The molecule has 1 aromatic heterocycles. The number of pyridine rings is 1. The number of anilines is 1. The van der Waals surface area contributed by atoms with Crippen molar-refractivity contribution in [3.8, 4) is 0 Å². The lowest BCUT2D eigenvalue weighted by atomic mass is 10.1. The molecule has 1 aromatic rings. The third-order valence-corrected chi connectivity index (χ3v) is 3.75. The van der Waals surface area contributed by atoms with Crippen molar-refractivity contribution in [3.63, 3.8) is 0 Å². The third-order valence-electron chi connectivity index (χ3n) is 3.25. The summed E-state index contributed by atoms with van der Waals surface area (Å²) in [5, 5.41) is 0.0429. The van der Waals surface area contributed by atoms with Crippen molar-refractivity contribution in [2.75, 3.05) is 23.9 Å². The summed E-state index contributed by atoms with van der Waals surface area (Å²) in [6.45, 7) is 1.49. The molecule has 1 aliphatic heterocycles. The van der Waals surface area contributed by atoms with Gasteiger partial charge in [0.2, 0.25) is 0 Å². The third kappa shape index (κ3) is 3.45. The average molecular weight is 313 g/mol. The summed E-state index contributed by atoms with van der Waals surface area (Å²) >= 11 is 11.6. The van der Waals surface area contributed by atoms with Crippen LogP contribution in [0.5, 0.6) is 0 Å². The van der Waals surface area contributed by atoms with Crippen LogP contribution < -0.4 is 4.90 Å². The number of rotatable bonds is 3. The maximum absolute atomic E-state index is 12.5. The largest absolute Gasteiger partial charge is 0.417 e. The lowest BCUT2D eigenvalue weighted by molar-refractivity contribution is -0.137. The Kier molecular flexibility index (Phi) is 4.46. The lowest BCUT2D eigenvalue weighted by Gasteiger charge is -2.19. The highest BCUT2D eigenvalue weighted by Gasteiger charge is 2.32. The Labute approximate surface area is 119 Å². The number of alkyl halides is 4. The van der Waals surface area contributed by atoms with Gasteiger partial charge in [0.15, 0.2) is 0 Å². The molecule has 1 aliphatic rings. The van der Waals surface area contributed by atoms with E-state index >= 15 is 0 Å². The zero-order valence-electron chi connectivity index (χ0n) is 10.1. The van der Waals surface area contributed by atoms with Crippen LogP contribution >= 0.6 is 23.2 Å². The minimum atomic E-state index is -4.42. The molecule has 1 fully saturated rings. The summed E-state index contributed by atoms with van der Waals surface area (Å²) in [4.78, 5) is 5.78. The predicted octanol–water partition coefficient (Wildman–Crippen LogP) is 4.21. The molecule has 0 aromatic carbocycles. The number of halogens is 5. The summed E-state index contributed by atoms with van der Waals surface area (Å²) in [6.07, 6.45) is -1.72. The van der Waals surface area contributed by atoms with Crippen LogP contribution in [0.25, 0.3) is 0 Å². The van der Waals surface area contributed by atoms with Gasteiger partial charge in [-0.2, -0.15) is 13.2 Å². The zero-order chi connectivity index (χ0) is 14.0. The quantitative estimate of drug-likeness (QED) is 0.777. The van der Waals surface area contributed by atoms with Crippen molar-refractivity contribution >= 4 is 29.0 Å². The van der Waals surface area contributed by atoms with Crippen molar-refractivity contribution in [3.05, 3.63) is 22.8 Å². The van der Waals surface area contributed by atoms with E-state index in [9.17, 15) is 13.2 Å². The van der Waals surface area contributed by atoms with E-state index in [0.717, 1.165) is 38.2 Å². The number of hydrogen-bond acceptors (Lipinski definition) is 2. The van der Waals surface area contributed by atoms with Crippen LogP contribution in [0.4, 0.5) is 19.0 Å². The molecule has 19 heavy (non-hydrogen) atoms. The van der Waals surface area contributed by atoms with Gasteiger partial charge in [-0.1, -0.05) is 11.6 Å². The molecular weight excluding hydrogens is 300 g/mol. The number of aromatic nitrogens is 1. The van der Waals surface area contributed by atoms with E-state index in [-0.39, 0.29) is 5.02 Å². The van der Waals surface area contributed by atoms with Gasteiger partial charge in [-0.3, -0.25) is 0 Å². The molecule has 7 heteroatoms. The van der Waals surface area contributed by atoms with Crippen LogP contribution in [-0.2, 0) is 6.18 Å². The normalized spacial score (nSPS) is 20.1. The zero-order valence-corrected chi connectivity index (χ0v) is 11.6. The van der Waals surface area contributed by atoms with Gasteiger partial charge in [0.25, 0.3) is 0 Å². The Balaban J connectivity index is 2.14. The first-order chi connectivity index (χ1) is 8.91. The summed E-state index contributed by atoms with van der Waals surface area (Å²) in [5.74, 6) is 1.47. The molecule has 0 spiro atoms. The fourth-order valence-electron chi connectivity index (χ4n) is 2.23. The van der Waals surface area contributed by atoms with Crippen LogP contribution in [0.2, 0.25) is 5.02 Å². The maximum Gasteiger partial charge on any atom is 0.417 e. The van der Waals surface area contributed by atoms with Gasteiger partial charge in [-0.05, 0) is 24.8 Å². The highest BCUT2D eigenvalue weighted by atomic mass is 35.5. The fourth-order valence-corrected chi connectivity index (χ4v) is 2.83. The molecule has 0 aliphatic carbocycles. The first-order valence-electron chi connectivity index (χ1n) is 5.95. The Morgan fingerprint density at radius 2 is 2.16 bits per heavy atom. The predicted molar refractivity (Wildman–Crippen MR) is 69.9 cm³/mol. The minimum absolute atomic E-state index is 0.0429. The van der Waals surface area contributed by atoms with Gasteiger partial charge in [0, 0.05) is 25.2 Å². The SMILES string of the molecule is FC(F)(F)c1cnc(N2CCC(CCCl)C2)c(Cl)c1. The molecule has 0 amide bonds. The smallest absolute Gasteiger partial charge is 0.355 e. The molecule has 1 unspecified atom stereocenters. The standard InChI is InChI=1S/C12H13Cl2F3N2/c13-3-1-8-2-4-19(7-8)11-10(14)5-9(6-18-11)12(15,16)17/h5-6,8H,1-4,7H2. The first kappa shape index (κ1) is 14.7. The van der Waals surface area contributed by atoms with Crippen molar-refractivity contribution in [2.45, 2.75) is 19.0 Å². The van der Waals surface area contributed by atoms with Gasteiger partial charge in [0.1, 0.15) is 5.82 Å². The van der Waals surface area contributed by atoms with Gasteiger partial charge >= 0.3 is 6.18 Å². The Morgan fingerprint density at radius 3 is 2.74 bits per heavy atom. The monoisotopic (exact) mass is 312 g/mol. The molecule has 0 N–H and O–H groups in total. The first-order valence-corrected chi connectivity index (χ1v) is 6.86. The second-order valence-electron chi connectivity index (χ2n) is 4.61. The van der Waals surface area contributed by atoms with Crippen LogP contribution in [0.1, 0.15) is 18.4 Å². The summed E-state index contributed by atoms with van der Waals surface area (Å²) in [6, 6.07) is 0.929. The van der Waals surface area contributed by atoms with Crippen molar-refractivity contribution in [1.82, 2.24) is 4.98 Å². The molecular formula is C12H13Cl2F3N2. The summed E-state index contributed by atoms with van der Waals surface area (Å²) < 4.78 is 37.5. The van der Waals surface area contributed by atoms with Crippen molar-refractivity contribution < 1.29 is 13.2 Å². The van der Waals surface area contributed by atoms with E-state index < -0.39 is 11.7 Å². The molecule has 2 heterocycles. The lowest BCUT2D eigenvalue weighted by Crippen LogP contribution is -2.21. The van der Waals surface area contributed by atoms with Crippen LogP contribution in [-0.4, -0.2) is 24.0 Å². The van der Waals surface area contributed by atoms with E-state index in [2.05, 4.69) is 4.98 Å². The molecule has 2 rings (SSSR count). The van der Waals surface area contributed by atoms with Gasteiger partial charge < -0.3 is 4.90 Å². The fraction of sp³-hybridized carbons (Fsp3) is 0.583. The molecule has 0 saturated carbocycles. The highest BCUT2D eigenvalue weighted by molar-refractivity contribution is 6.33. The molecule has 1 saturated heterocycles. The number of nitrogens with zero attached hydrogens (tertiary/aromatic N) is 2. The van der Waals surface area contributed by atoms with Crippen molar-refractivity contribution in [2.24, 2.45) is 5.92 Å². The Bertz CT molecular complexity index is 451. The second-order valence-corrected chi connectivity index (χ2v) is 5.39. The van der Waals surface area contributed by atoms with E-state index in [1.807, 2.05) is 4.90 Å². The average Bonchev–Trinajstić information content (AvgIpc) is 2.76. The Hall–Kier alpha value is -0.680. The van der Waals surface area contributed by atoms with Crippen molar-refractivity contribution in [1.29, 1.82) is 0 Å². The summed E-state index contributed by atoms with van der Waals surface area (Å²) in [7, 11) is 0. The maximum atomic E-state index is 12.5. The van der Waals surface area contributed by atoms with Crippen LogP contribution in [0, 0.1) is 5.92 Å². The van der Waals surface area contributed by atoms with E-state index in [1.165, 1.54) is 0 Å². The molecule has 2 nitrogen and oxygen atoms in total. The van der Waals surface area contributed by atoms with Gasteiger partial charge in [0.05, 0.1) is 10.6 Å². The van der Waals surface area contributed by atoms with E-state index in [1.54, 1.807) is 0 Å².